The molecule has 2 aliphatic rings. The molecule has 2 heterocycles. The van der Waals surface area contributed by atoms with E-state index in [1.165, 1.54) is 55.5 Å². The summed E-state index contributed by atoms with van der Waals surface area (Å²) in [5, 5.41) is 3.79. The van der Waals surface area contributed by atoms with Gasteiger partial charge in [0, 0.05) is 24.0 Å². The van der Waals surface area contributed by atoms with E-state index in [4.69, 9.17) is 0 Å². The smallest absolute Gasteiger partial charge is 0.0704 e. The molecule has 0 saturated carbocycles. The first kappa shape index (κ1) is 15.0. The number of likely N-dealkylation sites (tertiary alicyclic amines) is 1. The minimum absolute atomic E-state index is 0.588. The molecule has 1 unspecified atom stereocenters. The fourth-order valence-electron chi connectivity index (χ4n) is 3.42. The first-order valence-corrected chi connectivity index (χ1v) is 9.57. The second kappa shape index (κ2) is 6.91. The molecule has 2 nitrogen and oxygen atoms in total. The molecule has 1 fully saturated rings. The minimum Gasteiger partial charge on any atom is -0.309 e. The standard InChI is InChI=1S/C16H25BrN2S/c1-12-5-8-19(9-6-12)10-7-18-14-3-2-4-15-13(14)11-16(17)20-15/h11-12,14,18H,2-10H2,1H3. The molecular formula is C16H25BrN2S. The van der Waals surface area contributed by atoms with Crippen LogP contribution >= 0.6 is 27.3 Å². The topological polar surface area (TPSA) is 15.3 Å². The van der Waals surface area contributed by atoms with Gasteiger partial charge in [-0.05, 0) is 78.7 Å². The van der Waals surface area contributed by atoms with Crippen molar-refractivity contribution in [2.24, 2.45) is 5.92 Å². The lowest BCUT2D eigenvalue weighted by atomic mass is 9.94. The number of aryl methyl sites for hydroxylation is 1. The molecule has 20 heavy (non-hydrogen) atoms. The Bertz CT molecular complexity index is 438. The summed E-state index contributed by atoms with van der Waals surface area (Å²) in [5.74, 6) is 0.934. The Morgan fingerprint density at radius 2 is 2.15 bits per heavy atom. The highest BCUT2D eigenvalue weighted by Crippen LogP contribution is 2.37. The number of piperidine rings is 1. The molecular weight excluding hydrogens is 332 g/mol. The Labute approximate surface area is 135 Å². The van der Waals surface area contributed by atoms with Gasteiger partial charge in [-0.2, -0.15) is 0 Å². The van der Waals surface area contributed by atoms with Crippen molar-refractivity contribution in [3.63, 3.8) is 0 Å². The number of hydrogen-bond donors (Lipinski definition) is 1. The first-order chi connectivity index (χ1) is 9.72. The van der Waals surface area contributed by atoms with E-state index < -0.39 is 0 Å². The first-order valence-electron chi connectivity index (χ1n) is 7.96. The lowest BCUT2D eigenvalue weighted by Gasteiger charge is -2.31. The van der Waals surface area contributed by atoms with Crippen LogP contribution in [0.1, 0.15) is 49.1 Å². The zero-order chi connectivity index (χ0) is 13.9. The quantitative estimate of drug-likeness (QED) is 0.868. The predicted octanol–water partition coefficient (Wildman–Crippen LogP) is 4.21. The van der Waals surface area contributed by atoms with Crippen LogP contribution in [0.15, 0.2) is 9.85 Å². The lowest BCUT2D eigenvalue weighted by Crippen LogP contribution is -2.38. The number of rotatable bonds is 4. The predicted molar refractivity (Wildman–Crippen MR) is 90.5 cm³/mol. The SMILES string of the molecule is CC1CCN(CCNC2CCCc3sc(Br)cc32)CC1. The molecule has 1 aliphatic carbocycles. The molecule has 112 valence electrons. The van der Waals surface area contributed by atoms with Crippen LogP contribution in [0.4, 0.5) is 0 Å². The van der Waals surface area contributed by atoms with Gasteiger partial charge in [-0.3, -0.25) is 0 Å². The summed E-state index contributed by atoms with van der Waals surface area (Å²) < 4.78 is 1.29. The van der Waals surface area contributed by atoms with Gasteiger partial charge in [0.25, 0.3) is 0 Å². The van der Waals surface area contributed by atoms with E-state index in [9.17, 15) is 0 Å². The van der Waals surface area contributed by atoms with E-state index in [0.717, 1.165) is 12.5 Å². The molecule has 3 rings (SSSR count). The molecule has 1 aromatic heterocycles. The van der Waals surface area contributed by atoms with Crippen molar-refractivity contribution < 1.29 is 0 Å². The van der Waals surface area contributed by atoms with Crippen molar-refractivity contribution in [2.75, 3.05) is 26.2 Å². The van der Waals surface area contributed by atoms with Crippen LogP contribution in [-0.2, 0) is 6.42 Å². The van der Waals surface area contributed by atoms with E-state index in [0.29, 0.717) is 6.04 Å². The van der Waals surface area contributed by atoms with Crippen LogP contribution in [0.5, 0.6) is 0 Å². The van der Waals surface area contributed by atoms with Gasteiger partial charge in [-0.25, -0.2) is 0 Å². The van der Waals surface area contributed by atoms with Crippen LogP contribution in [0.3, 0.4) is 0 Å². The van der Waals surface area contributed by atoms with E-state index in [2.05, 4.69) is 39.1 Å². The second-order valence-corrected chi connectivity index (χ2v) is 8.87. The Hall–Kier alpha value is 0.100. The van der Waals surface area contributed by atoms with Crippen LogP contribution < -0.4 is 5.32 Å². The average Bonchev–Trinajstić information content (AvgIpc) is 2.82. The van der Waals surface area contributed by atoms with Crippen molar-refractivity contribution >= 4 is 27.3 Å². The lowest BCUT2D eigenvalue weighted by molar-refractivity contribution is 0.190. The summed E-state index contributed by atoms with van der Waals surface area (Å²) in [6.07, 6.45) is 6.66. The summed E-state index contributed by atoms with van der Waals surface area (Å²) in [5.41, 5.74) is 1.56. The summed E-state index contributed by atoms with van der Waals surface area (Å²) in [6, 6.07) is 2.92. The Balaban J connectivity index is 1.47. The Kier molecular flexibility index (Phi) is 5.18. The highest BCUT2D eigenvalue weighted by molar-refractivity contribution is 9.11. The zero-order valence-electron chi connectivity index (χ0n) is 12.3. The van der Waals surface area contributed by atoms with Crippen molar-refractivity contribution in [3.8, 4) is 0 Å². The third-order valence-electron chi connectivity index (χ3n) is 4.78. The molecule has 1 saturated heterocycles. The molecule has 4 heteroatoms. The Morgan fingerprint density at radius 3 is 2.95 bits per heavy atom. The number of hydrogen-bond acceptors (Lipinski definition) is 3. The third-order valence-corrected chi connectivity index (χ3v) is 6.49. The molecule has 1 N–H and O–H groups in total. The van der Waals surface area contributed by atoms with E-state index >= 15 is 0 Å². The van der Waals surface area contributed by atoms with E-state index in [-0.39, 0.29) is 0 Å². The van der Waals surface area contributed by atoms with Gasteiger partial charge >= 0.3 is 0 Å². The molecule has 1 aliphatic heterocycles. The molecule has 1 atom stereocenters. The zero-order valence-corrected chi connectivity index (χ0v) is 14.7. The van der Waals surface area contributed by atoms with Gasteiger partial charge in [0.1, 0.15) is 0 Å². The van der Waals surface area contributed by atoms with Gasteiger partial charge in [-0.1, -0.05) is 6.92 Å². The maximum absolute atomic E-state index is 3.79. The van der Waals surface area contributed by atoms with Crippen molar-refractivity contribution in [1.29, 1.82) is 0 Å². The van der Waals surface area contributed by atoms with Crippen molar-refractivity contribution in [3.05, 3.63) is 20.3 Å². The van der Waals surface area contributed by atoms with Gasteiger partial charge in [-0.15, -0.1) is 11.3 Å². The highest BCUT2D eigenvalue weighted by Gasteiger charge is 2.22. The molecule has 0 radical (unpaired) electrons. The minimum atomic E-state index is 0.588. The largest absolute Gasteiger partial charge is 0.309 e. The molecule has 0 amide bonds. The van der Waals surface area contributed by atoms with Crippen LogP contribution in [0.25, 0.3) is 0 Å². The second-order valence-electron chi connectivity index (χ2n) is 6.35. The normalized spacial score (nSPS) is 24.8. The number of thiophene rings is 1. The van der Waals surface area contributed by atoms with Gasteiger partial charge in [0.05, 0.1) is 3.79 Å². The van der Waals surface area contributed by atoms with E-state index in [1.807, 2.05) is 11.3 Å². The number of fused-ring (bicyclic) bond motifs is 1. The fourth-order valence-corrected chi connectivity index (χ4v) is 5.24. The van der Waals surface area contributed by atoms with Gasteiger partial charge < -0.3 is 10.2 Å². The maximum Gasteiger partial charge on any atom is 0.0704 e. The molecule has 0 bridgehead atoms. The van der Waals surface area contributed by atoms with Crippen LogP contribution in [0.2, 0.25) is 0 Å². The van der Waals surface area contributed by atoms with E-state index in [1.54, 1.807) is 10.4 Å². The van der Waals surface area contributed by atoms with Gasteiger partial charge in [0.2, 0.25) is 0 Å². The number of nitrogens with zero attached hydrogens (tertiary/aromatic N) is 1. The van der Waals surface area contributed by atoms with Crippen LogP contribution in [-0.4, -0.2) is 31.1 Å². The summed E-state index contributed by atoms with van der Waals surface area (Å²) in [6.45, 7) is 7.31. The third kappa shape index (κ3) is 3.65. The molecule has 0 spiro atoms. The van der Waals surface area contributed by atoms with Crippen molar-refractivity contribution in [1.82, 2.24) is 10.2 Å². The molecule has 0 aromatic carbocycles. The Morgan fingerprint density at radius 1 is 1.35 bits per heavy atom. The summed E-state index contributed by atoms with van der Waals surface area (Å²) >= 11 is 5.56. The maximum atomic E-state index is 3.79. The molecule has 1 aromatic rings. The van der Waals surface area contributed by atoms with Crippen molar-refractivity contribution in [2.45, 2.75) is 45.1 Å². The van der Waals surface area contributed by atoms with Gasteiger partial charge in [0.15, 0.2) is 0 Å². The fraction of sp³-hybridized carbons (Fsp3) is 0.750. The average molecular weight is 357 g/mol. The summed E-state index contributed by atoms with van der Waals surface area (Å²) in [4.78, 5) is 4.22. The number of halogens is 1. The highest BCUT2D eigenvalue weighted by atomic mass is 79.9. The van der Waals surface area contributed by atoms with Crippen LogP contribution in [0, 0.1) is 5.92 Å². The summed E-state index contributed by atoms with van der Waals surface area (Å²) in [7, 11) is 0. The monoisotopic (exact) mass is 356 g/mol. The number of nitrogens with one attached hydrogen (secondary N) is 1.